The highest BCUT2D eigenvalue weighted by Crippen LogP contribution is 2.16. The van der Waals surface area contributed by atoms with E-state index in [2.05, 4.69) is 26.8 Å². The van der Waals surface area contributed by atoms with E-state index < -0.39 is 11.9 Å². The molecule has 0 amide bonds. The highest BCUT2D eigenvalue weighted by Gasteiger charge is 2.22. The third-order valence-corrected chi connectivity index (χ3v) is 4.80. The van der Waals surface area contributed by atoms with Gasteiger partial charge in [0, 0.05) is 0 Å². The lowest BCUT2D eigenvalue weighted by atomic mass is 9.99. The van der Waals surface area contributed by atoms with Crippen molar-refractivity contribution in [1.82, 2.24) is 0 Å². The monoisotopic (exact) mass is 420 g/mol. The van der Waals surface area contributed by atoms with Crippen LogP contribution in [0, 0.1) is 5.92 Å². The molecule has 0 fully saturated rings. The fourth-order valence-corrected chi connectivity index (χ4v) is 2.95. The Kier molecular flexibility index (Phi) is 10.3. The van der Waals surface area contributed by atoms with Gasteiger partial charge in [0.15, 0.2) is 0 Å². The summed E-state index contributed by atoms with van der Waals surface area (Å²) in [5, 5.41) is 0. The summed E-state index contributed by atoms with van der Waals surface area (Å²) in [4.78, 5) is 25.4. The maximum absolute atomic E-state index is 12.7. The molecule has 4 nitrogen and oxygen atoms in total. The van der Waals surface area contributed by atoms with Gasteiger partial charge < -0.3 is 9.47 Å². The zero-order chi connectivity index (χ0) is 22.5. The van der Waals surface area contributed by atoms with Crippen molar-refractivity contribution in [3.8, 4) is 0 Å². The average Bonchev–Trinajstić information content (AvgIpc) is 2.77. The SMILES string of the molecule is CC(C)=CCC[C@H](C)CC=C(C(=O)OCc1ccccc1)C(=O)OCc1ccccc1. The van der Waals surface area contributed by atoms with Gasteiger partial charge in [0.2, 0.25) is 0 Å². The van der Waals surface area contributed by atoms with Crippen molar-refractivity contribution in [2.45, 2.75) is 53.2 Å². The van der Waals surface area contributed by atoms with E-state index in [1.807, 2.05) is 60.7 Å². The smallest absolute Gasteiger partial charge is 0.345 e. The minimum Gasteiger partial charge on any atom is -0.457 e. The lowest BCUT2D eigenvalue weighted by molar-refractivity contribution is -0.148. The number of esters is 2. The number of carbonyl (C=O) groups is 2. The zero-order valence-corrected chi connectivity index (χ0v) is 18.7. The van der Waals surface area contributed by atoms with Crippen LogP contribution in [0.25, 0.3) is 0 Å². The molecule has 0 aliphatic heterocycles. The first-order valence-corrected chi connectivity index (χ1v) is 10.7. The quantitative estimate of drug-likeness (QED) is 0.143. The predicted octanol–water partition coefficient (Wildman–Crippen LogP) is 6.17. The standard InChI is InChI=1S/C27H32O4/c1-21(2)11-10-12-22(3)17-18-25(26(28)30-19-23-13-6-4-7-14-23)27(29)31-20-24-15-8-5-9-16-24/h4-9,11,13-16,18,22H,10,12,17,19-20H2,1-3H3/t22-/m0/s1. The molecule has 1 atom stereocenters. The molecule has 2 rings (SSSR count). The van der Waals surface area contributed by atoms with Gasteiger partial charge in [0.25, 0.3) is 0 Å². The van der Waals surface area contributed by atoms with Gasteiger partial charge in [-0.25, -0.2) is 9.59 Å². The molecule has 0 radical (unpaired) electrons. The van der Waals surface area contributed by atoms with Crippen LogP contribution in [0.2, 0.25) is 0 Å². The Balaban J connectivity index is 2.02. The molecule has 2 aromatic carbocycles. The first-order valence-electron chi connectivity index (χ1n) is 10.7. The largest absolute Gasteiger partial charge is 0.457 e. The van der Waals surface area contributed by atoms with Crippen LogP contribution in [0.1, 0.15) is 51.2 Å². The topological polar surface area (TPSA) is 52.6 Å². The Hall–Kier alpha value is -3.14. The predicted molar refractivity (Wildman–Crippen MR) is 123 cm³/mol. The van der Waals surface area contributed by atoms with Gasteiger partial charge >= 0.3 is 11.9 Å². The Morgan fingerprint density at radius 2 is 1.29 bits per heavy atom. The van der Waals surface area contributed by atoms with E-state index in [-0.39, 0.29) is 18.8 Å². The number of hydrogen-bond donors (Lipinski definition) is 0. The summed E-state index contributed by atoms with van der Waals surface area (Å²) >= 11 is 0. The maximum atomic E-state index is 12.7. The van der Waals surface area contributed by atoms with Crippen LogP contribution in [0.3, 0.4) is 0 Å². The molecular formula is C27H32O4. The second-order valence-corrected chi connectivity index (χ2v) is 7.94. The molecule has 0 saturated heterocycles. The van der Waals surface area contributed by atoms with Gasteiger partial charge in [0.05, 0.1) is 0 Å². The molecule has 0 aromatic heterocycles. The van der Waals surface area contributed by atoms with Crippen molar-refractivity contribution < 1.29 is 19.1 Å². The van der Waals surface area contributed by atoms with Crippen molar-refractivity contribution >= 4 is 11.9 Å². The summed E-state index contributed by atoms with van der Waals surface area (Å²) in [6.45, 7) is 6.48. The minimum absolute atomic E-state index is 0.0408. The van der Waals surface area contributed by atoms with Gasteiger partial charge in [-0.1, -0.05) is 85.3 Å². The van der Waals surface area contributed by atoms with E-state index in [0.29, 0.717) is 12.3 Å². The molecule has 0 spiro atoms. The van der Waals surface area contributed by atoms with Crippen LogP contribution in [0.4, 0.5) is 0 Å². The van der Waals surface area contributed by atoms with Crippen LogP contribution in [0.5, 0.6) is 0 Å². The number of rotatable bonds is 11. The first kappa shape index (κ1) is 24.1. The first-order chi connectivity index (χ1) is 15.0. The Labute approximate surface area is 185 Å². The van der Waals surface area contributed by atoms with Gasteiger partial charge in [-0.05, 0) is 50.2 Å². The van der Waals surface area contributed by atoms with Crippen LogP contribution >= 0.6 is 0 Å². The van der Waals surface area contributed by atoms with Crippen molar-refractivity contribution in [1.29, 1.82) is 0 Å². The molecular weight excluding hydrogens is 388 g/mol. The van der Waals surface area contributed by atoms with Gasteiger partial charge in [-0.2, -0.15) is 0 Å². The summed E-state index contributed by atoms with van der Waals surface area (Å²) in [5.74, 6) is -0.980. The van der Waals surface area contributed by atoms with Gasteiger partial charge in [-0.15, -0.1) is 0 Å². The molecule has 0 unspecified atom stereocenters. The minimum atomic E-state index is -0.654. The molecule has 164 valence electrons. The Morgan fingerprint density at radius 3 is 1.74 bits per heavy atom. The van der Waals surface area contributed by atoms with Gasteiger partial charge in [0.1, 0.15) is 18.8 Å². The van der Waals surface area contributed by atoms with E-state index in [9.17, 15) is 9.59 Å². The Morgan fingerprint density at radius 1 is 0.806 bits per heavy atom. The third kappa shape index (κ3) is 9.47. The average molecular weight is 421 g/mol. The molecule has 0 aliphatic carbocycles. The molecule has 0 aliphatic rings. The molecule has 0 bridgehead atoms. The van der Waals surface area contributed by atoms with Crippen molar-refractivity contribution in [3.63, 3.8) is 0 Å². The zero-order valence-electron chi connectivity index (χ0n) is 18.7. The highest BCUT2D eigenvalue weighted by atomic mass is 16.6. The van der Waals surface area contributed by atoms with Crippen molar-refractivity contribution in [2.75, 3.05) is 0 Å². The summed E-state index contributed by atoms with van der Waals surface area (Å²) in [5.41, 5.74) is 2.98. The van der Waals surface area contributed by atoms with Gasteiger partial charge in [-0.3, -0.25) is 0 Å². The molecule has 31 heavy (non-hydrogen) atoms. The maximum Gasteiger partial charge on any atom is 0.345 e. The van der Waals surface area contributed by atoms with E-state index in [1.165, 1.54) is 5.57 Å². The highest BCUT2D eigenvalue weighted by molar-refractivity contribution is 6.14. The van der Waals surface area contributed by atoms with E-state index >= 15 is 0 Å². The second kappa shape index (κ2) is 13.2. The molecule has 0 heterocycles. The third-order valence-electron chi connectivity index (χ3n) is 4.80. The molecule has 4 heteroatoms. The fraction of sp³-hybridized carbons (Fsp3) is 0.333. The van der Waals surface area contributed by atoms with Crippen LogP contribution in [-0.4, -0.2) is 11.9 Å². The van der Waals surface area contributed by atoms with Crippen molar-refractivity contribution in [2.24, 2.45) is 5.92 Å². The van der Waals surface area contributed by atoms with E-state index in [4.69, 9.17) is 9.47 Å². The number of ether oxygens (including phenoxy) is 2. The summed E-state index contributed by atoms with van der Waals surface area (Å²) < 4.78 is 10.8. The van der Waals surface area contributed by atoms with Crippen molar-refractivity contribution in [3.05, 3.63) is 95.1 Å². The number of benzene rings is 2. The fourth-order valence-electron chi connectivity index (χ4n) is 2.95. The van der Waals surface area contributed by atoms with E-state index in [0.717, 1.165) is 24.0 Å². The summed E-state index contributed by atoms with van der Waals surface area (Å²) in [7, 11) is 0. The lowest BCUT2D eigenvalue weighted by Gasteiger charge is -2.11. The van der Waals surface area contributed by atoms with Crippen LogP contribution in [0.15, 0.2) is 84.0 Å². The number of hydrogen-bond acceptors (Lipinski definition) is 4. The number of carbonyl (C=O) groups excluding carboxylic acids is 2. The Bertz CT molecular complexity index is 820. The number of allylic oxidation sites excluding steroid dienone is 3. The molecule has 2 aromatic rings. The molecule has 0 N–H and O–H groups in total. The normalized spacial score (nSPS) is 11.2. The second-order valence-electron chi connectivity index (χ2n) is 7.94. The lowest BCUT2D eigenvalue weighted by Crippen LogP contribution is -2.19. The van der Waals surface area contributed by atoms with Crippen LogP contribution < -0.4 is 0 Å². The summed E-state index contributed by atoms with van der Waals surface area (Å²) in [6.07, 6.45) is 6.42. The van der Waals surface area contributed by atoms with Crippen LogP contribution in [-0.2, 0) is 32.3 Å². The molecule has 0 saturated carbocycles. The summed E-state index contributed by atoms with van der Waals surface area (Å²) in [6, 6.07) is 18.8. The van der Waals surface area contributed by atoms with E-state index in [1.54, 1.807) is 6.08 Å².